The standard InChI is InChI=1S/C14H12F2N2O3/c15-13-6-5-12(9-14(13)16)21-8-7-17-10-1-3-11(4-2-10)18(19)20/h1-6,9,17H,7-8H2. The molecule has 0 aliphatic heterocycles. The van der Waals surface area contributed by atoms with Gasteiger partial charge >= 0.3 is 0 Å². The number of anilines is 1. The zero-order valence-electron chi connectivity index (χ0n) is 10.9. The molecule has 2 aromatic rings. The van der Waals surface area contributed by atoms with Crippen LogP contribution < -0.4 is 10.1 Å². The van der Waals surface area contributed by atoms with Crippen molar-refractivity contribution in [1.82, 2.24) is 0 Å². The third-order valence-electron chi connectivity index (χ3n) is 2.67. The summed E-state index contributed by atoms with van der Waals surface area (Å²) in [5, 5.41) is 13.5. The van der Waals surface area contributed by atoms with Gasteiger partial charge in [0, 0.05) is 30.4 Å². The van der Waals surface area contributed by atoms with Gasteiger partial charge in [0.1, 0.15) is 12.4 Å². The summed E-state index contributed by atoms with van der Waals surface area (Å²) in [6.07, 6.45) is 0. The highest BCUT2D eigenvalue weighted by Gasteiger charge is 2.04. The lowest BCUT2D eigenvalue weighted by molar-refractivity contribution is -0.384. The van der Waals surface area contributed by atoms with Crippen LogP contribution in [0.15, 0.2) is 42.5 Å². The molecule has 2 rings (SSSR count). The van der Waals surface area contributed by atoms with Gasteiger partial charge in [-0.15, -0.1) is 0 Å². The average Bonchev–Trinajstić information content (AvgIpc) is 2.47. The van der Waals surface area contributed by atoms with Gasteiger partial charge in [0.15, 0.2) is 11.6 Å². The van der Waals surface area contributed by atoms with E-state index < -0.39 is 16.6 Å². The second-order valence-corrected chi connectivity index (χ2v) is 4.16. The van der Waals surface area contributed by atoms with Gasteiger partial charge in [-0.05, 0) is 24.3 Å². The van der Waals surface area contributed by atoms with Gasteiger partial charge in [-0.25, -0.2) is 8.78 Å². The molecule has 0 aromatic heterocycles. The lowest BCUT2D eigenvalue weighted by Gasteiger charge is -2.08. The number of nitro benzene ring substituents is 1. The molecule has 0 aliphatic rings. The van der Waals surface area contributed by atoms with Crippen molar-refractivity contribution in [3.8, 4) is 5.75 Å². The highest BCUT2D eigenvalue weighted by Crippen LogP contribution is 2.16. The Kier molecular flexibility index (Phi) is 4.65. The van der Waals surface area contributed by atoms with Crippen molar-refractivity contribution in [3.05, 3.63) is 64.2 Å². The fraction of sp³-hybridized carbons (Fsp3) is 0.143. The van der Waals surface area contributed by atoms with E-state index in [-0.39, 0.29) is 18.0 Å². The number of halogens is 2. The number of rotatable bonds is 6. The molecule has 110 valence electrons. The van der Waals surface area contributed by atoms with E-state index in [2.05, 4.69) is 5.32 Å². The summed E-state index contributed by atoms with van der Waals surface area (Å²) in [4.78, 5) is 10.0. The molecule has 0 saturated carbocycles. The summed E-state index contributed by atoms with van der Waals surface area (Å²) in [7, 11) is 0. The molecule has 5 nitrogen and oxygen atoms in total. The molecule has 0 radical (unpaired) electrons. The average molecular weight is 294 g/mol. The highest BCUT2D eigenvalue weighted by molar-refractivity contribution is 5.48. The summed E-state index contributed by atoms with van der Waals surface area (Å²) in [6.45, 7) is 0.652. The zero-order valence-corrected chi connectivity index (χ0v) is 10.9. The van der Waals surface area contributed by atoms with E-state index in [1.165, 1.54) is 18.2 Å². The maximum absolute atomic E-state index is 12.9. The number of nitro groups is 1. The number of ether oxygens (including phenoxy) is 1. The van der Waals surface area contributed by atoms with Crippen molar-refractivity contribution in [1.29, 1.82) is 0 Å². The summed E-state index contributed by atoms with van der Waals surface area (Å²) in [5.41, 5.74) is 0.716. The van der Waals surface area contributed by atoms with Crippen LogP contribution in [-0.4, -0.2) is 18.1 Å². The van der Waals surface area contributed by atoms with E-state index in [9.17, 15) is 18.9 Å². The van der Waals surface area contributed by atoms with Gasteiger partial charge in [-0.1, -0.05) is 0 Å². The number of hydrogen-bond donors (Lipinski definition) is 1. The van der Waals surface area contributed by atoms with E-state index in [4.69, 9.17) is 4.74 Å². The monoisotopic (exact) mass is 294 g/mol. The first-order valence-electron chi connectivity index (χ1n) is 6.12. The van der Waals surface area contributed by atoms with Crippen LogP contribution >= 0.6 is 0 Å². The molecule has 0 bridgehead atoms. The van der Waals surface area contributed by atoms with Gasteiger partial charge in [0.2, 0.25) is 0 Å². The van der Waals surface area contributed by atoms with E-state index in [0.29, 0.717) is 12.2 Å². The Morgan fingerprint density at radius 1 is 1.10 bits per heavy atom. The minimum absolute atomic E-state index is 0.0126. The SMILES string of the molecule is O=[N+]([O-])c1ccc(NCCOc2ccc(F)c(F)c2)cc1. The molecule has 2 aromatic carbocycles. The van der Waals surface area contributed by atoms with Gasteiger partial charge in [-0.2, -0.15) is 0 Å². The number of benzene rings is 2. The quantitative estimate of drug-likeness (QED) is 0.504. The topological polar surface area (TPSA) is 64.4 Å². The molecule has 7 heteroatoms. The Balaban J connectivity index is 1.79. The summed E-state index contributed by atoms with van der Waals surface area (Å²) in [5.74, 6) is -1.65. The van der Waals surface area contributed by atoms with Crippen molar-refractivity contribution in [2.75, 3.05) is 18.5 Å². The third kappa shape index (κ3) is 4.13. The van der Waals surface area contributed by atoms with E-state index in [1.54, 1.807) is 12.1 Å². The molecule has 0 heterocycles. The molecule has 0 amide bonds. The molecule has 1 N–H and O–H groups in total. The second kappa shape index (κ2) is 6.65. The van der Waals surface area contributed by atoms with Crippen LogP contribution in [0.25, 0.3) is 0 Å². The number of non-ortho nitro benzene ring substituents is 1. The van der Waals surface area contributed by atoms with E-state index >= 15 is 0 Å². The molecular weight excluding hydrogens is 282 g/mol. The Labute approximate surface area is 119 Å². The number of nitrogens with zero attached hydrogens (tertiary/aromatic N) is 1. The van der Waals surface area contributed by atoms with Gasteiger partial charge in [0.05, 0.1) is 4.92 Å². The van der Waals surface area contributed by atoms with E-state index in [0.717, 1.165) is 12.1 Å². The fourth-order valence-electron chi connectivity index (χ4n) is 1.63. The number of nitrogens with one attached hydrogen (secondary N) is 1. The van der Waals surface area contributed by atoms with Crippen LogP contribution in [0.4, 0.5) is 20.2 Å². The maximum atomic E-state index is 12.9. The minimum Gasteiger partial charge on any atom is -0.492 e. The normalized spacial score (nSPS) is 10.2. The molecule has 0 unspecified atom stereocenters. The van der Waals surface area contributed by atoms with E-state index in [1.807, 2.05) is 0 Å². The Morgan fingerprint density at radius 3 is 2.43 bits per heavy atom. The summed E-state index contributed by atoms with van der Waals surface area (Å²) in [6, 6.07) is 9.24. The minimum atomic E-state index is -0.962. The molecule has 21 heavy (non-hydrogen) atoms. The van der Waals surface area contributed by atoms with Gasteiger partial charge in [-0.3, -0.25) is 10.1 Å². The predicted octanol–water partition coefficient (Wildman–Crippen LogP) is 3.36. The second-order valence-electron chi connectivity index (χ2n) is 4.16. The Bertz CT molecular complexity index is 633. The Hall–Kier alpha value is -2.70. The summed E-state index contributed by atoms with van der Waals surface area (Å²) >= 11 is 0. The third-order valence-corrected chi connectivity index (χ3v) is 2.67. The molecule has 0 atom stereocenters. The molecule has 0 fully saturated rings. The van der Waals surface area contributed by atoms with Crippen LogP contribution in [-0.2, 0) is 0 Å². The number of hydrogen-bond acceptors (Lipinski definition) is 4. The van der Waals surface area contributed by atoms with Gasteiger partial charge in [0.25, 0.3) is 5.69 Å². The van der Waals surface area contributed by atoms with Crippen molar-refractivity contribution in [2.24, 2.45) is 0 Å². The van der Waals surface area contributed by atoms with Crippen molar-refractivity contribution in [2.45, 2.75) is 0 Å². The first kappa shape index (κ1) is 14.7. The van der Waals surface area contributed by atoms with Crippen LogP contribution in [0.5, 0.6) is 5.75 Å². The lowest BCUT2D eigenvalue weighted by Crippen LogP contribution is -2.11. The van der Waals surface area contributed by atoms with Crippen LogP contribution in [0.3, 0.4) is 0 Å². The molecule has 0 saturated heterocycles. The first-order valence-corrected chi connectivity index (χ1v) is 6.12. The van der Waals surface area contributed by atoms with Crippen LogP contribution in [0, 0.1) is 21.7 Å². The molecule has 0 spiro atoms. The van der Waals surface area contributed by atoms with Crippen molar-refractivity contribution >= 4 is 11.4 Å². The van der Waals surface area contributed by atoms with Crippen LogP contribution in [0.2, 0.25) is 0 Å². The zero-order chi connectivity index (χ0) is 15.2. The Morgan fingerprint density at radius 2 is 1.81 bits per heavy atom. The first-order chi connectivity index (χ1) is 10.1. The largest absolute Gasteiger partial charge is 0.492 e. The summed E-state index contributed by atoms with van der Waals surface area (Å²) < 4.78 is 30.9. The van der Waals surface area contributed by atoms with Gasteiger partial charge < -0.3 is 10.1 Å². The van der Waals surface area contributed by atoms with Crippen molar-refractivity contribution < 1.29 is 18.4 Å². The van der Waals surface area contributed by atoms with Crippen LogP contribution in [0.1, 0.15) is 0 Å². The highest BCUT2D eigenvalue weighted by atomic mass is 19.2. The fourth-order valence-corrected chi connectivity index (χ4v) is 1.63. The molecular formula is C14H12F2N2O3. The predicted molar refractivity (Wildman–Crippen MR) is 73.4 cm³/mol. The maximum Gasteiger partial charge on any atom is 0.269 e. The molecule has 0 aliphatic carbocycles. The van der Waals surface area contributed by atoms with Crippen molar-refractivity contribution in [3.63, 3.8) is 0 Å². The lowest BCUT2D eigenvalue weighted by atomic mass is 10.3. The smallest absolute Gasteiger partial charge is 0.269 e.